The van der Waals surface area contributed by atoms with Crippen LogP contribution in [0.15, 0.2) is 42.5 Å². The van der Waals surface area contributed by atoms with Crippen LogP contribution in [-0.2, 0) is 0 Å². The topological polar surface area (TPSA) is 53.6 Å². The molecule has 1 aliphatic rings. The lowest BCUT2D eigenvalue weighted by atomic mass is 10.1. The Morgan fingerprint density at radius 1 is 1.14 bits per heavy atom. The molecule has 2 amide bonds. The number of carbonyl (C=O) groups is 1. The van der Waals surface area contributed by atoms with Gasteiger partial charge in [0, 0.05) is 18.8 Å². The minimum atomic E-state index is -0.0536. The summed E-state index contributed by atoms with van der Waals surface area (Å²) in [6.07, 6.45) is 0. The first kappa shape index (κ1) is 14.3. The second kappa shape index (κ2) is 5.97. The van der Waals surface area contributed by atoms with Crippen molar-refractivity contribution in [2.75, 3.05) is 23.5 Å². The van der Waals surface area contributed by atoms with Gasteiger partial charge in [-0.3, -0.25) is 4.90 Å². The second-order valence-corrected chi connectivity index (χ2v) is 5.40. The maximum absolute atomic E-state index is 11.6. The smallest absolute Gasteiger partial charge is 0.321 e. The van der Waals surface area contributed by atoms with E-state index in [0.717, 1.165) is 16.9 Å². The minimum absolute atomic E-state index is 0.0536. The number of aryl methyl sites for hydroxylation is 2. The number of hydrogen-bond donors (Lipinski definition) is 2. The molecule has 0 unspecified atom stereocenters. The van der Waals surface area contributed by atoms with Crippen LogP contribution in [0.1, 0.15) is 11.1 Å². The van der Waals surface area contributed by atoms with Crippen LogP contribution < -0.4 is 20.5 Å². The van der Waals surface area contributed by atoms with E-state index in [1.54, 1.807) is 4.90 Å². The van der Waals surface area contributed by atoms with Gasteiger partial charge in [-0.1, -0.05) is 17.7 Å². The molecule has 1 fully saturated rings. The first-order valence-electron chi connectivity index (χ1n) is 7.29. The number of benzene rings is 2. The summed E-state index contributed by atoms with van der Waals surface area (Å²) in [5.74, 6) is 0.698. The first-order chi connectivity index (χ1) is 10.6. The van der Waals surface area contributed by atoms with Crippen molar-refractivity contribution in [2.45, 2.75) is 13.8 Å². The highest BCUT2D eigenvalue weighted by Crippen LogP contribution is 2.22. The SMILES string of the molecule is Cc1ccc(NOc2ccc(N3CCNC3=O)cc2)c(C)c1. The van der Waals surface area contributed by atoms with Gasteiger partial charge in [-0.15, -0.1) is 0 Å². The lowest BCUT2D eigenvalue weighted by Crippen LogP contribution is -2.27. The summed E-state index contributed by atoms with van der Waals surface area (Å²) >= 11 is 0. The maximum atomic E-state index is 11.6. The third-order valence-electron chi connectivity index (χ3n) is 3.67. The standard InChI is InChI=1S/C17H19N3O2/c1-12-3-8-16(13(2)11-12)19-22-15-6-4-14(5-7-15)20-10-9-18-17(20)21/h3-8,11,19H,9-10H2,1-2H3,(H,18,21). The van der Waals surface area contributed by atoms with E-state index in [-0.39, 0.29) is 6.03 Å². The normalized spacial score (nSPS) is 13.9. The van der Waals surface area contributed by atoms with E-state index in [1.807, 2.05) is 43.3 Å². The molecular weight excluding hydrogens is 278 g/mol. The van der Waals surface area contributed by atoms with Gasteiger partial charge in [0.05, 0.1) is 5.69 Å². The molecule has 1 saturated heterocycles. The van der Waals surface area contributed by atoms with E-state index < -0.39 is 0 Å². The molecule has 0 spiro atoms. The van der Waals surface area contributed by atoms with E-state index in [9.17, 15) is 4.79 Å². The summed E-state index contributed by atoms with van der Waals surface area (Å²) in [6.45, 7) is 5.48. The van der Waals surface area contributed by atoms with Crippen LogP contribution in [0.4, 0.5) is 16.2 Å². The van der Waals surface area contributed by atoms with Crippen molar-refractivity contribution in [1.29, 1.82) is 0 Å². The molecule has 5 heteroatoms. The molecule has 2 N–H and O–H groups in total. The number of nitrogens with zero attached hydrogens (tertiary/aromatic N) is 1. The highest BCUT2D eigenvalue weighted by atomic mass is 16.6. The lowest BCUT2D eigenvalue weighted by molar-refractivity contribution is 0.252. The molecule has 0 aromatic heterocycles. The Hall–Kier alpha value is -2.69. The van der Waals surface area contributed by atoms with Gasteiger partial charge in [0.25, 0.3) is 0 Å². The van der Waals surface area contributed by atoms with Crippen LogP contribution in [0.3, 0.4) is 0 Å². The average Bonchev–Trinajstić information content (AvgIpc) is 2.93. The molecule has 3 rings (SSSR count). The van der Waals surface area contributed by atoms with Gasteiger partial charge in [-0.2, -0.15) is 0 Å². The van der Waals surface area contributed by atoms with Crippen molar-refractivity contribution >= 4 is 17.4 Å². The fraction of sp³-hybridized carbons (Fsp3) is 0.235. The van der Waals surface area contributed by atoms with Crippen molar-refractivity contribution in [2.24, 2.45) is 0 Å². The fourth-order valence-electron chi connectivity index (χ4n) is 2.45. The quantitative estimate of drug-likeness (QED) is 0.852. The monoisotopic (exact) mass is 297 g/mol. The molecule has 0 bridgehead atoms. The Morgan fingerprint density at radius 2 is 1.91 bits per heavy atom. The predicted octanol–water partition coefficient (Wildman–Crippen LogP) is 3.24. The van der Waals surface area contributed by atoms with Gasteiger partial charge >= 0.3 is 6.03 Å². The molecule has 0 aliphatic carbocycles. The van der Waals surface area contributed by atoms with Crippen LogP contribution in [-0.4, -0.2) is 19.1 Å². The van der Waals surface area contributed by atoms with E-state index in [2.05, 4.69) is 23.8 Å². The molecule has 0 atom stereocenters. The molecule has 2 aromatic rings. The van der Waals surface area contributed by atoms with Gasteiger partial charge in [-0.25, -0.2) is 10.3 Å². The van der Waals surface area contributed by atoms with Crippen LogP contribution in [0.25, 0.3) is 0 Å². The minimum Gasteiger partial charge on any atom is -0.382 e. The number of anilines is 2. The van der Waals surface area contributed by atoms with E-state index in [0.29, 0.717) is 18.8 Å². The zero-order valence-electron chi connectivity index (χ0n) is 12.7. The molecule has 0 radical (unpaired) electrons. The Balaban J connectivity index is 1.65. The summed E-state index contributed by atoms with van der Waals surface area (Å²) in [5, 5.41) is 2.78. The van der Waals surface area contributed by atoms with Crippen molar-refractivity contribution in [3.05, 3.63) is 53.6 Å². The van der Waals surface area contributed by atoms with Crippen molar-refractivity contribution in [3.8, 4) is 5.75 Å². The molecule has 114 valence electrons. The Labute approximate surface area is 129 Å². The van der Waals surface area contributed by atoms with Crippen LogP contribution in [0.2, 0.25) is 0 Å². The molecular formula is C17H19N3O2. The fourth-order valence-corrected chi connectivity index (χ4v) is 2.45. The molecule has 5 nitrogen and oxygen atoms in total. The average molecular weight is 297 g/mol. The van der Waals surface area contributed by atoms with Gasteiger partial charge in [0.15, 0.2) is 5.75 Å². The zero-order valence-corrected chi connectivity index (χ0v) is 12.7. The summed E-state index contributed by atoms with van der Waals surface area (Å²) in [7, 11) is 0. The largest absolute Gasteiger partial charge is 0.382 e. The second-order valence-electron chi connectivity index (χ2n) is 5.40. The summed E-state index contributed by atoms with van der Waals surface area (Å²) < 4.78 is 0. The number of urea groups is 1. The van der Waals surface area contributed by atoms with Gasteiger partial charge < -0.3 is 10.2 Å². The van der Waals surface area contributed by atoms with Crippen molar-refractivity contribution < 1.29 is 9.63 Å². The van der Waals surface area contributed by atoms with Gasteiger partial charge in [0.2, 0.25) is 0 Å². The van der Waals surface area contributed by atoms with Crippen LogP contribution in [0.5, 0.6) is 5.75 Å². The zero-order chi connectivity index (χ0) is 15.5. The van der Waals surface area contributed by atoms with Crippen LogP contribution in [0, 0.1) is 13.8 Å². The number of amides is 2. The molecule has 1 heterocycles. The van der Waals surface area contributed by atoms with Crippen molar-refractivity contribution in [1.82, 2.24) is 5.32 Å². The molecule has 22 heavy (non-hydrogen) atoms. The van der Waals surface area contributed by atoms with Gasteiger partial charge in [0.1, 0.15) is 0 Å². The Kier molecular flexibility index (Phi) is 3.87. The third-order valence-corrected chi connectivity index (χ3v) is 3.67. The Bertz CT molecular complexity index is 683. The summed E-state index contributed by atoms with van der Waals surface area (Å²) in [6, 6.07) is 13.5. The predicted molar refractivity (Wildman–Crippen MR) is 87.4 cm³/mol. The van der Waals surface area contributed by atoms with E-state index in [1.165, 1.54) is 5.56 Å². The number of carbonyl (C=O) groups excluding carboxylic acids is 1. The Morgan fingerprint density at radius 3 is 2.55 bits per heavy atom. The molecule has 2 aromatic carbocycles. The summed E-state index contributed by atoms with van der Waals surface area (Å²) in [4.78, 5) is 18.9. The summed E-state index contributed by atoms with van der Waals surface area (Å²) in [5.41, 5.74) is 7.12. The van der Waals surface area contributed by atoms with Crippen LogP contribution >= 0.6 is 0 Å². The molecule has 0 saturated carbocycles. The molecule has 1 aliphatic heterocycles. The number of rotatable bonds is 4. The lowest BCUT2D eigenvalue weighted by Gasteiger charge is -2.15. The third kappa shape index (κ3) is 2.98. The highest BCUT2D eigenvalue weighted by molar-refractivity contribution is 5.94. The van der Waals surface area contributed by atoms with E-state index >= 15 is 0 Å². The van der Waals surface area contributed by atoms with E-state index in [4.69, 9.17) is 4.84 Å². The maximum Gasteiger partial charge on any atom is 0.321 e. The first-order valence-corrected chi connectivity index (χ1v) is 7.29. The van der Waals surface area contributed by atoms with Crippen molar-refractivity contribution in [3.63, 3.8) is 0 Å². The number of hydrogen-bond acceptors (Lipinski definition) is 3. The highest BCUT2D eigenvalue weighted by Gasteiger charge is 2.20. The van der Waals surface area contributed by atoms with Gasteiger partial charge in [-0.05, 0) is 49.7 Å². The number of nitrogens with one attached hydrogen (secondary N) is 2.